The molecule has 1 atom stereocenters. The number of rotatable bonds is 10. The molecule has 0 saturated heterocycles. The van der Waals surface area contributed by atoms with Crippen LogP contribution >= 0.6 is 0 Å². The van der Waals surface area contributed by atoms with Gasteiger partial charge >= 0.3 is 6.01 Å². The molecule has 164 valence electrons. The van der Waals surface area contributed by atoms with Crippen molar-refractivity contribution in [2.45, 2.75) is 53.4 Å². The number of carbonyl (C=O) groups is 1. The Kier molecular flexibility index (Phi) is 7.82. The van der Waals surface area contributed by atoms with Crippen molar-refractivity contribution in [3.8, 4) is 23.1 Å². The van der Waals surface area contributed by atoms with Crippen LogP contribution in [0.1, 0.15) is 52.0 Å². The molecule has 3 aromatic rings. The van der Waals surface area contributed by atoms with E-state index in [4.69, 9.17) is 4.74 Å². The van der Waals surface area contributed by atoms with Gasteiger partial charge in [0, 0.05) is 17.2 Å². The Bertz CT molecular complexity index is 995. The summed E-state index contributed by atoms with van der Waals surface area (Å²) in [6.07, 6.45) is 3.95. The molecular weight excluding hydrogens is 388 g/mol. The normalized spacial score (nSPS) is 11.9. The fourth-order valence-corrected chi connectivity index (χ4v) is 3.56. The van der Waals surface area contributed by atoms with Gasteiger partial charge in [-0.15, -0.1) is 5.10 Å². The molecule has 0 aliphatic heterocycles. The summed E-state index contributed by atoms with van der Waals surface area (Å²) in [6, 6.07) is 16.1. The van der Waals surface area contributed by atoms with Crippen molar-refractivity contribution in [1.29, 1.82) is 0 Å². The molecule has 3 rings (SSSR count). The summed E-state index contributed by atoms with van der Waals surface area (Å²) in [7, 11) is 0. The zero-order chi connectivity index (χ0) is 22.2. The molecule has 0 fully saturated rings. The molecule has 0 aliphatic rings. The number of nitrogens with one attached hydrogen (secondary N) is 1. The quantitative estimate of drug-likeness (QED) is 0.450. The molecule has 0 unspecified atom stereocenters. The summed E-state index contributed by atoms with van der Waals surface area (Å²) in [6.45, 7) is 8.68. The van der Waals surface area contributed by atoms with Crippen molar-refractivity contribution >= 4 is 11.6 Å². The molecule has 6 nitrogen and oxygen atoms in total. The highest BCUT2D eigenvalue weighted by atomic mass is 16.5. The lowest BCUT2D eigenvalue weighted by Gasteiger charge is -2.15. The lowest BCUT2D eigenvalue weighted by Crippen LogP contribution is -2.22. The zero-order valence-electron chi connectivity index (χ0n) is 18.9. The van der Waals surface area contributed by atoms with Crippen molar-refractivity contribution in [2.75, 3.05) is 11.9 Å². The van der Waals surface area contributed by atoms with Crippen LogP contribution in [0.5, 0.6) is 6.01 Å². The molecule has 0 saturated carbocycles. The Morgan fingerprint density at radius 3 is 2.48 bits per heavy atom. The number of aromatic nitrogens is 3. The zero-order valence-corrected chi connectivity index (χ0v) is 18.9. The Balaban J connectivity index is 1.85. The number of hydrogen-bond donors (Lipinski definition) is 1. The number of carbonyl (C=O) groups excluding carboxylic acids is 1. The van der Waals surface area contributed by atoms with Crippen LogP contribution in [0.15, 0.2) is 48.5 Å². The molecule has 0 spiro atoms. The topological polar surface area (TPSA) is 69.0 Å². The summed E-state index contributed by atoms with van der Waals surface area (Å²) in [5.74, 6) is 0.865. The van der Waals surface area contributed by atoms with Gasteiger partial charge in [-0.3, -0.25) is 4.79 Å². The lowest BCUT2D eigenvalue weighted by molar-refractivity contribution is -0.120. The Labute approximate surface area is 184 Å². The minimum atomic E-state index is 0.0522. The first kappa shape index (κ1) is 22.5. The van der Waals surface area contributed by atoms with Gasteiger partial charge in [0.1, 0.15) is 0 Å². The van der Waals surface area contributed by atoms with Gasteiger partial charge in [0.25, 0.3) is 0 Å². The van der Waals surface area contributed by atoms with E-state index in [9.17, 15) is 4.79 Å². The van der Waals surface area contributed by atoms with Crippen molar-refractivity contribution in [3.05, 3.63) is 54.1 Å². The van der Waals surface area contributed by atoms with E-state index >= 15 is 0 Å². The van der Waals surface area contributed by atoms with Crippen LogP contribution in [0.25, 0.3) is 17.1 Å². The summed E-state index contributed by atoms with van der Waals surface area (Å²) in [5.41, 5.74) is 3.75. The maximum absolute atomic E-state index is 12.6. The molecule has 1 aromatic heterocycles. The van der Waals surface area contributed by atoms with E-state index in [-0.39, 0.29) is 11.8 Å². The van der Waals surface area contributed by atoms with Gasteiger partial charge in [-0.2, -0.15) is 4.98 Å². The van der Waals surface area contributed by atoms with Crippen LogP contribution in [0.2, 0.25) is 0 Å². The highest BCUT2D eigenvalue weighted by molar-refractivity contribution is 5.92. The van der Waals surface area contributed by atoms with Gasteiger partial charge in [-0.25, -0.2) is 4.68 Å². The predicted octanol–water partition coefficient (Wildman–Crippen LogP) is 5.80. The third-order valence-corrected chi connectivity index (χ3v) is 5.40. The van der Waals surface area contributed by atoms with Crippen LogP contribution in [-0.4, -0.2) is 27.3 Å². The third kappa shape index (κ3) is 5.51. The second-order valence-corrected chi connectivity index (χ2v) is 7.66. The Morgan fingerprint density at radius 1 is 1.10 bits per heavy atom. The maximum Gasteiger partial charge on any atom is 0.336 e. The summed E-state index contributed by atoms with van der Waals surface area (Å²) in [5, 5.41) is 7.60. The number of anilines is 1. The molecule has 2 aromatic carbocycles. The highest BCUT2D eigenvalue weighted by Crippen LogP contribution is 2.27. The third-order valence-electron chi connectivity index (χ3n) is 5.40. The standard InChI is InChI=1S/C25H32N4O2/c1-5-8-12-19(6-2)24(30)26-20-14-16-21(17-15-20)29-23(27-25(28-29)31-7-3)22-13-10-9-11-18(22)4/h9-11,13-17,19H,5-8,12H2,1-4H3,(H,26,30)/t19-/m1/s1. The molecule has 1 heterocycles. The highest BCUT2D eigenvalue weighted by Gasteiger charge is 2.18. The molecule has 31 heavy (non-hydrogen) atoms. The average Bonchev–Trinajstić information content (AvgIpc) is 3.19. The molecule has 1 amide bonds. The maximum atomic E-state index is 12.6. The van der Waals surface area contributed by atoms with E-state index in [1.54, 1.807) is 4.68 Å². The SMILES string of the molecule is CCCC[C@@H](CC)C(=O)Nc1ccc(-n2nc(OCC)nc2-c2ccccc2C)cc1. The average molecular weight is 421 g/mol. The fourth-order valence-electron chi connectivity index (χ4n) is 3.56. The van der Waals surface area contributed by atoms with Crippen molar-refractivity contribution in [2.24, 2.45) is 5.92 Å². The smallest absolute Gasteiger partial charge is 0.336 e. The lowest BCUT2D eigenvalue weighted by atomic mass is 9.98. The monoisotopic (exact) mass is 420 g/mol. The number of hydrogen-bond acceptors (Lipinski definition) is 4. The molecule has 1 N–H and O–H groups in total. The number of benzene rings is 2. The van der Waals surface area contributed by atoms with Gasteiger partial charge in [0.15, 0.2) is 5.82 Å². The Morgan fingerprint density at radius 2 is 1.84 bits per heavy atom. The number of ether oxygens (including phenoxy) is 1. The second kappa shape index (κ2) is 10.8. The van der Waals surface area contributed by atoms with Crippen LogP contribution in [-0.2, 0) is 4.79 Å². The van der Waals surface area contributed by atoms with E-state index in [1.165, 1.54) is 0 Å². The Hall–Kier alpha value is -3.15. The first-order valence-corrected chi connectivity index (χ1v) is 11.1. The van der Waals surface area contributed by atoms with E-state index in [1.807, 2.05) is 49.4 Å². The number of aryl methyl sites for hydroxylation is 1. The van der Waals surface area contributed by atoms with E-state index < -0.39 is 0 Å². The minimum absolute atomic E-state index is 0.0522. The fraction of sp³-hybridized carbons (Fsp3) is 0.400. The molecule has 0 aliphatic carbocycles. The summed E-state index contributed by atoms with van der Waals surface area (Å²) in [4.78, 5) is 17.2. The van der Waals surface area contributed by atoms with Crippen LogP contribution in [0.4, 0.5) is 5.69 Å². The number of unbranched alkanes of at least 4 members (excludes halogenated alkanes) is 1. The van der Waals surface area contributed by atoms with Crippen LogP contribution in [0, 0.1) is 12.8 Å². The predicted molar refractivity (Wildman–Crippen MR) is 125 cm³/mol. The minimum Gasteiger partial charge on any atom is -0.463 e. The first-order chi connectivity index (χ1) is 15.1. The molecule has 6 heteroatoms. The van der Waals surface area contributed by atoms with E-state index in [2.05, 4.69) is 42.2 Å². The second-order valence-electron chi connectivity index (χ2n) is 7.66. The molecule has 0 radical (unpaired) electrons. The van der Waals surface area contributed by atoms with E-state index in [0.29, 0.717) is 12.6 Å². The molecular formula is C25H32N4O2. The van der Waals surface area contributed by atoms with Gasteiger partial charge in [-0.05, 0) is 56.5 Å². The first-order valence-electron chi connectivity index (χ1n) is 11.1. The van der Waals surface area contributed by atoms with Crippen LogP contribution < -0.4 is 10.1 Å². The van der Waals surface area contributed by atoms with Crippen molar-refractivity contribution < 1.29 is 9.53 Å². The van der Waals surface area contributed by atoms with Crippen molar-refractivity contribution in [1.82, 2.24) is 14.8 Å². The molecule has 0 bridgehead atoms. The number of nitrogens with zero attached hydrogens (tertiary/aromatic N) is 3. The van der Waals surface area contributed by atoms with Crippen molar-refractivity contribution in [3.63, 3.8) is 0 Å². The van der Waals surface area contributed by atoms with Gasteiger partial charge in [-0.1, -0.05) is 51.0 Å². The van der Waals surface area contributed by atoms with Crippen LogP contribution in [0.3, 0.4) is 0 Å². The van der Waals surface area contributed by atoms with E-state index in [0.717, 1.165) is 54.0 Å². The summed E-state index contributed by atoms with van der Waals surface area (Å²) < 4.78 is 7.34. The van der Waals surface area contributed by atoms with Gasteiger partial charge in [0.2, 0.25) is 5.91 Å². The van der Waals surface area contributed by atoms with Gasteiger partial charge < -0.3 is 10.1 Å². The largest absolute Gasteiger partial charge is 0.463 e. The summed E-state index contributed by atoms with van der Waals surface area (Å²) >= 11 is 0. The number of amides is 1. The van der Waals surface area contributed by atoms with Gasteiger partial charge in [0.05, 0.1) is 12.3 Å².